The lowest BCUT2D eigenvalue weighted by molar-refractivity contribution is 0.300. The summed E-state index contributed by atoms with van der Waals surface area (Å²) in [5.41, 5.74) is 0.205. The molecule has 16 heavy (non-hydrogen) atoms. The maximum atomic E-state index is 10.9. The average molecular weight is 237 g/mol. The zero-order chi connectivity index (χ0) is 11.4. The molecule has 4 nitrogen and oxygen atoms in total. The van der Waals surface area contributed by atoms with Crippen LogP contribution in [-0.4, -0.2) is 9.97 Å². The van der Waals surface area contributed by atoms with Crippen molar-refractivity contribution < 1.29 is 4.74 Å². The Morgan fingerprint density at radius 2 is 2.00 bits per heavy atom. The van der Waals surface area contributed by atoms with E-state index in [1.165, 1.54) is 6.20 Å². The molecule has 2 aromatic rings. The van der Waals surface area contributed by atoms with Crippen molar-refractivity contribution in [1.82, 2.24) is 9.97 Å². The Morgan fingerprint density at radius 3 is 2.69 bits per heavy atom. The molecule has 0 amide bonds. The van der Waals surface area contributed by atoms with Crippen LogP contribution in [0, 0.1) is 0 Å². The summed E-state index contributed by atoms with van der Waals surface area (Å²) in [5.74, 6) is 0.687. The van der Waals surface area contributed by atoms with Crippen molar-refractivity contribution in [2.45, 2.75) is 6.61 Å². The molecule has 0 aliphatic rings. The Bertz CT molecular complexity index is 522. The van der Waals surface area contributed by atoms with Gasteiger partial charge >= 0.3 is 5.69 Å². The average Bonchev–Trinajstić information content (AvgIpc) is 2.28. The number of hydrogen-bond donors (Lipinski definition) is 1. The molecule has 0 aliphatic carbocycles. The quantitative estimate of drug-likeness (QED) is 0.887. The number of H-pyrrole nitrogens is 1. The van der Waals surface area contributed by atoms with Crippen LogP contribution < -0.4 is 10.4 Å². The maximum Gasteiger partial charge on any atom is 0.345 e. The predicted octanol–water partition coefficient (Wildman–Crippen LogP) is 2.00. The number of nitrogens with one attached hydrogen (secondary N) is 1. The highest BCUT2D eigenvalue weighted by molar-refractivity contribution is 6.30. The first-order chi connectivity index (χ1) is 7.74. The molecule has 2 rings (SSSR count). The van der Waals surface area contributed by atoms with Gasteiger partial charge in [0.2, 0.25) is 0 Å². The number of aromatic amines is 1. The molecular weight excluding hydrogens is 228 g/mol. The monoisotopic (exact) mass is 236 g/mol. The highest BCUT2D eigenvalue weighted by Gasteiger charge is 1.97. The molecule has 82 valence electrons. The zero-order valence-corrected chi connectivity index (χ0v) is 9.07. The minimum absolute atomic E-state index is 0.256. The molecule has 0 radical (unpaired) electrons. The topological polar surface area (TPSA) is 55.0 Å². The van der Waals surface area contributed by atoms with Crippen LogP contribution in [0.25, 0.3) is 0 Å². The molecule has 0 spiro atoms. The van der Waals surface area contributed by atoms with Crippen LogP contribution in [0.4, 0.5) is 0 Å². The molecule has 0 atom stereocenters. The first-order valence-corrected chi connectivity index (χ1v) is 5.05. The number of benzene rings is 1. The first kappa shape index (κ1) is 10.7. The van der Waals surface area contributed by atoms with Crippen molar-refractivity contribution >= 4 is 11.6 Å². The Balaban J connectivity index is 2.02. The fraction of sp³-hybridized carbons (Fsp3) is 0.0909. The second-order valence-corrected chi connectivity index (χ2v) is 3.56. The molecule has 1 N–H and O–H groups in total. The van der Waals surface area contributed by atoms with Gasteiger partial charge in [-0.3, -0.25) is 0 Å². The van der Waals surface area contributed by atoms with Gasteiger partial charge in [0.15, 0.2) is 0 Å². The molecule has 1 aromatic carbocycles. The van der Waals surface area contributed by atoms with Crippen molar-refractivity contribution in [3.63, 3.8) is 0 Å². The van der Waals surface area contributed by atoms with E-state index >= 15 is 0 Å². The fourth-order valence-electron chi connectivity index (χ4n) is 1.18. The van der Waals surface area contributed by atoms with Gasteiger partial charge in [0, 0.05) is 11.2 Å². The molecule has 0 fully saturated rings. The van der Waals surface area contributed by atoms with Crippen LogP contribution in [-0.2, 0) is 6.61 Å². The van der Waals surface area contributed by atoms with Gasteiger partial charge in [-0.15, -0.1) is 0 Å². The summed E-state index contributed by atoms with van der Waals surface area (Å²) >= 11 is 5.74. The summed E-state index contributed by atoms with van der Waals surface area (Å²) in [6, 6.07) is 8.69. The Morgan fingerprint density at radius 1 is 1.25 bits per heavy atom. The van der Waals surface area contributed by atoms with Crippen LogP contribution in [0.3, 0.4) is 0 Å². The summed E-state index contributed by atoms with van der Waals surface area (Å²) < 4.78 is 5.43. The largest absolute Gasteiger partial charge is 0.487 e. The van der Waals surface area contributed by atoms with Crippen LogP contribution in [0.1, 0.15) is 5.69 Å². The van der Waals surface area contributed by atoms with E-state index in [2.05, 4.69) is 9.97 Å². The Hall–Kier alpha value is -1.81. The third-order valence-electron chi connectivity index (χ3n) is 1.93. The van der Waals surface area contributed by atoms with Crippen molar-refractivity contribution in [3.8, 4) is 5.75 Å². The fourth-order valence-corrected chi connectivity index (χ4v) is 1.30. The number of aromatic nitrogens is 2. The molecule has 1 aromatic heterocycles. The van der Waals surface area contributed by atoms with E-state index < -0.39 is 0 Å². The van der Waals surface area contributed by atoms with E-state index in [0.717, 1.165) is 0 Å². The molecule has 0 saturated carbocycles. The summed E-state index contributed by atoms with van der Waals surface area (Å²) in [6.45, 7) is 0.256. The minimum Gasteiger partial charge on any atom is -0.487 e. The van der Waals surface area contributed by atoms with Crippen molar-refractivity contribution in [3.05, 3.63) is 57.7 Å². The van der Waals surface area contributed by atoms with Gasteiger partial charge in [-0.1, -0.05) is 11.6 Å². The lowest BCUT2D eigenvalue weighted by atomic mass is 10.3. The summed E-state index contributed by atoms with van der Waals surface area (Å²) in [5, 5.41) is 0.654. The van der Waals surface area contributed by atoms with E-state index in [-0.39, 0.29) is 12.3 Å². The van der Waals surface area contributed by atoms with Gasteiger partial charge < -0.3 is 9.72 Å². The Kier molecular flexibility index (Phi) is 3.22. The van der Waals surface area contributed by atoms with Gasteiger partial charge in [-0.2, -0.15) is 4.98 Å². The summed E-state index contributed by atoms with van der Waals surface area (Å²) in [6.07, 6.45) is 1.54. The standard InChI is InChI=1S/C11H9ClN2O2/c12-8-1-3-10(4-2-8)16-7-9-5-6-13-11(15)14-9/h1-6H,7H2,(H,13,14,15). The normalized spacial score (nSPS) is 10.1. The SMILES string of the molecule is O=c1nc(COc2ccc(Cl)cc2)cc[nH]1. The van der Waals surface area contributed by atoms with E-state index in [1.54, 1.807) is 30.3 Å². The van der Waals surface area contributed by atoms with Crippen LogP contribution in [0.5, 0.6) is 5.75 Å². The van der Waals surface area contributed by atoms with E-state index in [4.69, 9.17) is 16.3 Å². The molecule has 0 aliphatic heterocycles. The predicted molar refractivity (Wildman–Crippen MR) is 60.6 cm³/mol. The van der Waals surface area contributed by atoms with Crippen LogP contribution in [0.2, 0.25) is 5.02 Å². The highest BCUT2D eigenvalue weighted by atomic mass is 35.5. The number of halogens is 1. The third-order valence-corrected chi connectivity index (χ3v) is 2.18. The molecule has 0 unspecified atom stereocenters. The molecule has 1 heterocycles. The molecular formula is C11H9ClN2O2. The van der Waals surface area contributed by atoms with E-state index in [9.17, 15) is 4.79 Å². The molecule has 5 heteroatoms. The third kappa shape index (κ3) is 2.84. The van der Waals surface area contributed by atoms with Crippen LogP contribution in [0.15, 0.2) is 41.3 Å². The summed E-state index contributed by atoms with van der Waals surface area (Å²) in [7, 11) is 0. The van der Waals surface area contributed by atoms with Gasteiger partial charge in [-0.05, 0) is 30.3 Å². The van der Waals surface area contributed by atoms with Gasteiger partial charge in [0.05, 0.1) is 5.69 Å². The van der Waals surface area contributed by atoms with Crippen molar-refractivity contribution in [2.24, 2.45) is 0 Å². The second-order valence-electron chi connectivity index (χ2n) is 3.13. The summed E-state index contributed by atoms with van der Waals surface area (Å²) in [4.78, 5) is 17.1. The highest BCUT2D eigenvalue weighted by Crippen LogP contribution is 2.16. The van der Waals surface area contributed by atoms with Crippen LogP contribution >= 0.6 is 11.6 Å². The minimum atomic E-state index is -0.378. The maximum absolute atomic E-state index is 10.9. The number of hydrogen-bond acceptors (Lipinski definition) is 3. The molecule has 0 saturated heterocycles. The van der Waals surface area contributed by atoms with Gasteiger partial charge in [0.25, 0.3) is 0 Å². The Labute approximate surface area is 96.9 Å². The van der Waals surface area contributed by atoms with Crippen molar-refractivity contribution in [2.75, 3.05) is 0 Å². The van der Waals surface area contributed by atoms with E-state index in [1.807, 2.05) is 0 Å². The molecule has 0 bridgehead atoms. The lowest BCUT2D eigenvalue weighted by Crippen LogP contribution is -2.12. The number of rotatable bonds is 3. The lowest BCUT2D eigenvalue weighted by Gasteiger charge is -2.04. The second kappa shape index (κ2) is 4.81. The zero-order valence-electron chi connectivity index (χ0n) is 8.31. The smallest absolute Gasteiger partial charge is 0.345 e. The van der Waals surface area contributed by atoms with Crippen molar-refractivity contribution in [1.29, 1.82) is 0 Å². The van der Waals surface area contributed by atoms with Gasteiger partial charge in [-0.25, -0.2) is 4.79 Å². The van der Waals surface area contributed by atoms with Gasteiger partial charge in [0.1, 0.15) is 12.4 Å². The number of nitrogens with zero attached hydrogens (tertiary/aromatic N) is 1. The number of ether oxygens (including phenoxy) is 1. The first-order valence-electron chi connectivity index (χ1n) is 4.67. The van der Waals surface area contributed by atoms with E-state index in [0.29, 0.717) is 16.5 Å².